The summed E-state index contributed by atoms with van der Waals surface area (Å²) >= 11 is 0. The molecule has 0 saturated carbocycles. The van der Waals surface area contributed by atoms with Crippen molar-refractivity contribution in [3.05, 3.63) is 82.5 Å². The number of hydrogen-bond donors (Lipinski definition) is 3. The van der Waals surface area contributed by atoms with E-state index in [1.165, 1.54) is 12.1 Å². The Morgan fingerprint density at radius 3 is 2.77 bits per heavy atom. The SMILES string of the molecule is O=C1NC2=CC=C(NCc3cc(F)cc(F)c3)CC2/C1=C/c1ccn[nH]1. The van der Waals surface area contributed by atoms with Gasteiger partial charge in [0.2, 0.25) is 0 Å². The number of aromatic nitrogens is 2. The van der Waals surface area contributed by atoms with Crippen molar-refractivity contribution < 1.29 is 13.6 Å². The predicted molar refractivity (Wildman–Crippen MR) is 92.2 cm³/mol. The Hall–Kier alpha value is -3.22. The van der Waals surface area contributed by atoms with Gasteiger partial charge in [0, 0.05) is 41.7 Å². The zero-order chi connectivity index (χ0) is 18.1. The number of carbonyl (C=O) groups is 1. The third-order valence-electron chi connectivity index (χ3n) is 4.43. The second-order valence-electron chi connectivity index (χ2n) is 6.27. The van der Waals surface area contributed by atoms with E-state index in [-0.39, 0.29) is 11.8 Å². The first kappa shape index (κ1) is 16.3. The summed E-state index contributed by atoms with van der Waals surface area (Å²) in [5, 5.41) is 12.8. The number of allylic oxidation sites excluding steroid dienone is 4. The molecule has 26 heavy (non-hydrogen) atoms. The molecule has 1 aliphatic heterocycles. The first-order chi connectivity index (χ1) is 12.6. The smallest absolute Gasteiger partial charge is 0.252 e. The molecular formula is C19H16F2N4O. The highest BCUT2D eigenvalue weighted by Crippen LogP contribution is 2.35. The highest BCUT2D eigenvalue weighted by Gasteiger charge is 2.34. The summed E-state index contributed by atoms with van der Waals surface area (Å²) < 4.78 is 26.6. The monoisotopic (exact) mass is 354 g/mol. The molecule has 0 bridgehead atoms. The molecule has 4 rings (SSSR count). The van der Waals surface area contributed by atoms with Gasteiger partial charge in [-0.05, 0) is 48.4 Å². The minimum atomic E-state index is -0.600. The van der Waals surface area contributed by atoms with E-state index < -0.39 is 11.6 Å². The summed E-state index contributed by atoms with van der Waals surface area (Å²) in [4.78, 5) is 12.2. The van der Waals surface area contributed by atoms with Gasteiger partial charge in [-0.15, -0.1) is 0 Å². The van der Waals surface area contributed by atoms with Crippen LogP contribution in [0.25, 0.3) is 6.08 Å². The normalized spacial score (nSPS) is 20.5. The number of nitrogens with zero attached hydrogens (tertiary/aromatic N) is 1. The van der Waals surface area contributed by atoms with Crippen LogP contribution in [0.4, 0.5) is 8.78 Å². The Labute approximate surface area is 148 Å². The van der Waals surface area contributed by atoms with Crippen molar-refractivity contribution in [1.29, 1.82) is 0 Å². The lowest BCUT2D eigenvalue weighted by Gasteiger charge is -2.20. The molecule has 1 atom stereocenters. The van der Waals surface area contributed by atoms with Crippen LogP contribution in [0, 0.1) is 17.6 Å². The van der Waals surface area contributed by atoms with E-state index in [0.29, 0.717) is 24.1 Å². The van der Waals surface area contributed by atoms with Gasteiger partial charge in [-0.2, -0.15) is 5.10 Å². The van der Waals surface area contributed by atoms with E-state index >= 15 is 0 Å². The lowest BCUT2D eigenvalue weighted by molar-refractivity contribution is -0.115. The Morgan fingerprint density at radius 1 is 1.23 bits per heavy atom. The van der Waals surface area contributed by atoms with Crippen LogP contribution in [0.1, 0.15) is 17.7 Å². The Bertz CT molecular complexity index is 924. The van der Waals surface area contributed by atoms with Crippen LogP contribution in [0.3, 0.4) is 0 Å². The maximum absolute atomic E-state index is 13.3. The van der Waals surface area contributed by atoms with Gasteiger partial charge in [-0.1, -0.05) is 0 Å². The standard InChI is InChI=1S/C19H16F2N4O/c20-12-5-11(6-13(21)7-12)10-22-14-1-2-18-16(8-14)17(19(26)24-18)9-15-3-4-23-25-15/h1-7,9,16,22H,8,10H2,(H,23,25)(H,24,26)/b17-9-. The van der Waals surface area contributed by atoms with Crippen molar-refractivity contribution in [3.8, 4) is 0 Å². The molecule has 2 aromatic rings. The van der Waals surface area contributed by atoms with Gasteiger partial charge < -0.3 is 10.6 Å². The van der Waals surface area contributed by atoms with Crippen LogP contribution in [0.5, 0.6) is 0 Å². The van der Waals surface area contributed by atoms with E-state index in [9.17, 15) is 13.6 Å². The minimum absolute atomic E-state index is 0.0810. The summed E-state index contributed by atoms with van der Waals surface area (Å²) in [6.07, 6.45) is 7.75. The molecule has 1 fully saturated rings. The van der Waals surface area contributed by atoms with E-state index in [0.717, 1.165) is 23.2 Å². The zero-order valence-electron chi connectivity index (χ0n) is 13.7. The fourth-order valence-corrected chi connectivity index (χ4v) is 3.21. The maximum Gasteiger partial charge on any atom is 0.252 e. The van der Waals surface area contributed by atoms with Crippen LogP contribution in [-0.4, -0.2) is 16.1 Å². The molecule has 1 aliphatic carbocycles. The molecule has 3 N–H and O–H groups in total. The van der Waals surface area contributed by atoms with Gasteiger partial charge in [0.05, 0.1) is 5.69 Å². The number of amides is 1. The van der Waals surface area contributed by atoms with Gasteiger partial charge in [-0.3, -0.25) is 9.89 Å². The van der Waals surface area contributed by atoms with Crippen molar-refractivity contribution in [2.24, 2.45) is 5.92 Å². The molecule has 1 aromatic carbocycles. The molecule has 2 aliphatic rings. The van der Waals surface area contributed by atoms with Gasteiger partial charge in [0.1, 0.15) is 11.6 Å². The predicted octanol–water partition coefficient (Wildman–Crippen LogP) is 2.78. The molecule has 7 heteroatoms. The quantitative estimate of drug-likeness (QED) is 0.740. The molecule has 1 aromatic heterocycles. The number of benzene rings is 1. The Balaban J connectivity index is 1.49. The van der Waals surface area contributed by atoms with Gasteiger partial charge in [0.25, 0.3) is 5.91 Å². The van der Waals surface area contributed by atoms with Crippen LogP contribution in [0.15, 0.2) is 59.6 Å². The van der Waals surface area contributed by atoms with E-state index in [1.807, 2.05) is 12.2 Å². The molecular weight excluding hydrogens is 338 g/mol. The topological polar surface area (TPSA) is 69.8 Å². The lowest BCUT2D eigenvalue weighted by Crippen LogP contribution is -2.19. The third kappa shape index (κ3) is 3.28. The molecule has 1 saturated heterocycles. The van der Waals surface area contributed by atoms with Crippen LogP contribution >= 0.6 is 0 Å². The van der Waals surface area contributed by atoms with Gasteiger partial charge in [-0.25, -0.2) is 8.78 Å². The number of aromatic amines is 1. The van der Waals surface area contributed by atoms with Gasteiger partial charge in [0.15, 0.2) is 0 Å². The fraction of sp³-hybridized carbons (Fsp3) is 0.158. The molecule has 1 amide bonds. The molecule has 0 spiro atoms. The molecule has 1 unspecified atom stereocenters. The Kier molecular flexibility index (Phi) is 4.12. The zero-order valence-corrected chi connectivity index (χ0v) is 13.7. The highest BCUT2D eigenvalue weighted by atomic mass is 19.1. The largest absolute Gasteiger partial charge is 0.384 e. The molecule has 2 heterocycles. The van der Waals surface area contributed by atoms with E-state index in [2.05, 4.69) is 20.8 Å². The number of halogens is 2. The maximum atomic E-state index is 13.3. The number of H-pyrrole nitrogens is 1. The first-order valence-corrected chi connectivity index (χ1v) is 8.20. The second kappa shape index (κ2) is 6.59. The second-order valence-corrected chi connectivity index (χ2v) is 6.27. The van der Waals surface area contributed by atoms with E-state index in [1.54, 1.807) is 18.3 Å². The van der Waals surface area contributed by atoms with Crippen LogP contribution < -0.4 is 10.6 Å². The minimum Gasteiger partial charge on any atom is -0.384 e. The average molecular weight is 354 g/mol. The number of hydrogen-bond acceptors (Lipinski definition) is 3. The van der Waals surface area contributed by atoms with Crippen molar-refractivity contribution in [2.45, 2.75) is 13.0 Å². The number of rotatable bonds is 4. The van der Waals surface area contributed by atoms with Gasteiger partial charge >= 0.3 is 0 Å². The summed E-state index contributed by atoms with van der Waals surface area (Å²) in [5.41, 5.74) is 3.69. The lowest BCUT2D eigenvalue weighted by atomic mass is 9.90. The number of carbonyl (C=O) groups excluding carboxylic acids is 1. The van der Waals surface area contributed by atoms with Crippen molar-refractivity contribution >= 4 is 12.0 Å². The summed E-state index contributed by atoms with van der Waals surface area (Å²) in [6, 6.07) is 5.23. The van der Waals surface area contributed by atoms with Crippen molar-refractivity contribution in [2.75, 3.05) is 0 Å². The Morgan fingerprint density at radius 2 is 2.04 bits per heavy atom. The average Bonchev–Trinajstić information content (AvgIpc) is 3.21. The highest BCUT2D eigenvalue weighted by molar-refractivity contribution is 6.03. The first-order valence-electron chi connectivity index (χ1n) is 8.20. The van der Waals surface area contributed by atoms with Crippen LogP contribution in [0.2, 0.25) is 0 Å². The van der Waals surface area contributed by atoms with Crippen molar-refractivity contribution in [1.82, 2.24) is 20.8 Å². The van der Waals surface area contributed by atoms with Crippen LogP contribution in [-0.2, 0) is 11.3 Å². The summed E-state index contributed by atoms with van der Waals surface area (Å²) in [5.74, 6) is -1.41. The molecule has 5 nitrogen and oxygen atoms in total. The number of nitrogens with one attached hydrogen (secondary N) is 3. The summed E-state index contributed by atoms with van der Waals surface area (Å²) in [7, 11) is 0. The number of fused-ring (bicyclic) bond motifs is 1. The van der Waals surface area contributed by atoms with E-state index in [4.69, 9.17) is 0 Å². The third-order valence-corrected chi connectivity index (χ3v) is 4.43. The summed E-state index contributed by atoms with van der Waals surface area (Å²) in [6.45, 7) is 0.303. The fourth-order valence-electron chi connectivity index (χ4n) is 3.21. The molecule has 0 radical (unpaired) electrons. The van der Waals surface area contributed by atoms with Crippen molar-refractivity contribution in [3.63, 3.8) is 0 Å². The molecule has 132 valence electrons.